The highest BCUT2D eigenvalue weighted by Crippen LogP contribution is 2.10. The fraction of sp³-hybridized carbons (Fsp3) is 0.684. The molecular formula is C19H35N7O7. The summed E-state index contributed by atoms with van der Waals surface area (Å²) < 4.78 is 0. The molecule has 14 nitrogen and oxygen atoms in total. The lowest BCUT2D eigenvalue weighted by molar-refractivity contribution is -0.143. The highest BCUT2D eigenvalue weighted by molar-refractivity contribution is 5.94. The van der Waals surface area contributed by atoms with Crippen molar-refractivity contribution in [2.45, 2.75) is 64.1 Å². The third-order valence-electron chi connectivity index (χ3n) is 4.84. The van der Waals surface area contributed by atoms with Gasteiger partial charge in [0.2, 0.25) is 17.7 Å². The van der Waals surface area contributed by atoms with E-state index in [4.69, 9.17) is 22.3 Å². The lowest BCUT2D eigenvalue weighted by Crippen LogP contribution is -2.57. The molecule has 0 aromatic carbocycles. The van der Waals surface area contributed by atoms with Gasteiger partial charge in [0.1, 0.15) is 18.1 Å². The molecule has 0 saturated carbocycles. The first-order valence-corrected chi connectivity index (χ1v) is 10.5. The first-order chi connectivity index (χ1) is 15.4. The van der Waals surface area contributed by atoms with Crippen LogP contribution in [0.25, 0.3) is 0 Å². The Kier molecular flexibility index (Phi) is 13.8. The third-order valence-corrected chi connectivity index (χ3v) is 4.84. The molecule has 0 aliphatic rings. The summed E-state index contributed by atoms with van der Waals surface area (Å²) in [5, 5.41) is 25.6. The molecule has 188 valence electrons. The van der Waals surface area contributed by atoms with Crippen LogP contribution in [0.4, 0.5) is 0 Å². The first-order valence-electron chi connectivity index (χ1n) is 10.5. The second kappa shape index (κ2) is 15.4. The number of nitrogens with zero attached hydrogens (tertiary/aromatic N) is 1. The van der Waals surface area contributed by atoms with Crippen molar-refractivity contribution >= 4 is 35.6 Å². The van der Waals surface area contributed by atoms with Gasteiger partial charge in [-0.2, -0.15) is 0 Å². The number of nitrogens with two attached hydrogens (primary N) is 3. The molecule has 0 aromatic rings. The summed E-state index contributed by atoms with van der Waals surface area (Å²) in [6.45, 7) is 3.32. The van der Waals surface area contributed by atoms with Gasteiger partial charge in [0.25, 0.3) is 0 Å². The molecule has 0 spiro atoms. The Morgan fingerprint density at radius 2 is 1.55 bits per heavy atom. The largest absolute Gasteiger partial charge is 0.481 e. The van der Waals surface area contributed by atoms with Crippen molar-refractivity contribution < 1.29 is 34.2 Å². The monoisotopic (exact) mass is 473 g/mol. The third kappa shape index (κ3) is 12.3. The molecule has 4 atom stereocenters. The lowest BCUT2D eigenvalue weighted by atomic mass is 9.97. The molecule has 0 fully saturated rings. The highest BCUT2D eigenvalue weighted by atomic mass is 16.4. The zero-order valence-corrected chi connectivity index (χ0v) is 18.9. The van der Waals surface area contributed by atoms with Crippen LogP contribution in [0.5, 0.6) is 0 Å². The van der Waals surface area contributed by atoms with Crippen molar-refractivity contribution in [3.05, 3.63) is 0 Å². The van der Waals surface area contributed by atoms with Crippen molar-refractivity contribution in [2.24, 2.45) is 28.1 Å². The molecule has 0 saturated heterocycles. The van der Waals surface area contributed by atoms with Gasteiger partial charge in [-0.05, 0) is 25.2 Å². The Morgan fingerprint density at radius 3 is 2.03 bits per heavy atom. The number of carbonyl (C=O) groups is 5. The average molecular weight is 474 g/mol. The van der Waals surface area contributed by atoms with Crippen LogP contribution in [0.2, 0.25) is 0 Å². The van der Waals surface area contributed by atoms with Gasteiger partial charge in [0.15, 0.2) is 5.96 Å². The topological polar surface area (TPSA) is 252 Å². The number of hydrogen-bond donors (Lipinski definition) is 8. The van der Waals surface area contributed by atoms with Crippen molar-refractivity contribution in [1.82, 2.24) is 16.0 Å². The van der Waals surface area contributed by atoms with Crippen LogP contribution >= 0.6 is 0 Å². The van der Waals surface area contributed by atoms with E-state index in [1.165, 1.54) is 0 Å². The number of rotatable bonds is 16. The maximum absolute atomic E-state index is 12.8. The van der Waals surface area contributed by atoms with E-state index in [9.17, 15) is 29.1 Å². The standard InChI is InChI=1S/C19H35N7O7/c1-3-10(2)15(26-13(27)9-20)17(31)24-11(6-7-14(28)29)16(30)25-12(18(32)33)5-4-8-23-19(21)22/h10-12,15H,3-9,20H2,1-2H3,(H,24,31)(H,25,30)(H,26,27)(H,28,29)(H,32,33)(H4,21,22,23). The normalized spacial score (nSPS) is 14.2. The maximum atomic E-state index is 12.8. The summed E-state index contributed by atoms with van der Waals surface area (Å²) in [7, 11) is 0. The van der Waals surface area contributed by atoms with E-state index in [1.54, 1.807) is 13.8 Å². The second-order valence-electron chi connectivity index (χ2n) is 7.48. The van der Waals surface area contributed by atoms with E-state index in [0.29, 0.717) is 6.42 Å². The van der Waals surface area contributed by atoms with Gasteiger partial charge in [-0.1, -0.05) is 20.3 Å². The number of guanidine groups is 1. The highest BCUT2D eigenvalue weighted by Gasteiger charge is 2.31. The first kappa shape index (κ1) is 29.6. The van der Waals surface area contributed by atoms with Crippen LogP contribution in [-0.2, 0) is 24.0 Å². The molecule has 4 unspecified atom stereocenters. The van der Waals surface area contributed by atoms with Crippen molar-refractivity contribution in [3.63, 3.8) is 0 Å². The van der Waals surface area contributed by atoms with Crippen LogP contribution in [0.3, 0.4) is 0 Å². The Hall–Kier alpha value is -3.42. The molecule has 0 heterocycles. The Bertz CT molecular complexity index is 725. The summed E-state index contributed by atoms with van der Waals surface area (Å²) in [5.74, 6) is -5.14. The SMILES string of the molecule is CCC(C)C(NC(=O)CN)C(=O)NC(CCC(=O)O)C(=O)NC(CCCN=C(N)N)C(=O)O. The second-order valence-corrected chi connectivity index (χ2v) is 7.48. The fourth-order valence-corrected chi connectivity index (χ4v) is 2.77. The summed E-state index contributed by atoms with van der Waals surface area (Å²) >= 11 is 0. The van der Waals surface area contributed by atoms with Gasteiger partial charge in [-0.25, -0.2) is 4.79 Å². The molecule has 3 amide bonds. The number of carbonyl (C=O) groups excluding carboxylic acids is 3. The smallest absolute Gasteiger partial charge is 0.326 e. The summed E-state index contributed by atoms with van der Waals surface area (Å²) in [4.78, 5) is 63.5. The van der Waals surface area contributed by atoms with Crippen LogP contribution in [-0.4, -0.2) is 77.0 Å². The Balaban J connectivity index is 5.43. The quantitative estimate of drug-likeness (QED) is 0.0661. The van der Waals surface area contributed by atoms with E-state index in [0.717, 1.165) is 0 Å². The lowest BCUT2D eigenvalue weighted by Gasteiger charge is -2.27. The van der Waals surface area contributed by atoms with E-state index < -0.39 is 54.2 Å². The minimum Gasteiger partial charge on any atom is -0.481 e. The summed E-state index contributed by atoms with van der Waals surface area (Å²) in [5.41, 5.74) is 15.7. The predicted molar refractivity (Wildman–Crippen MR) is 119 cm³/mol. The molecule has 0 aliphatic carbocycles. The molecule has 0 radical (unpaired) electrons. The van der Waals surface area contributed by atoms with Crippen molar-refractivity contribution in [1.29, 1.82) is 0 Å². The molecular weight excluding hydrogens is 438 g/mol. The maximum Gasteiger partial charge on any atom is 0.326 e. The van der Waals surface area contributed by atoms with E-state index in [-0.39, 0.29) is 44.2 Å². The number of carboxylic acids is 2. The number of hydrogen-bond acceptors (Lipinski definition) is 7. The number of amides is 3. The molecule has 33 heavy (non-hydrogen) atoms. The van der Waals surface area contributed by atoms with Gasteiger partial charge in [-0.15, -0.1) is 0 Å². The van der Waals surface area contributed by atoms with Crippen LogP contribution in [0.1, 0.15) is 46.0 Å². The average Bonchev–Trinajstić information content (AvgIpc) is 2.75. The molecule has 0 bridgehead atoms. The fourth-order valence-electron chi connectivity index (χ4n) is 2.77. The van der Waals surface area contributed by atoms with Gasteiger partial charge < -0.3 is 43.4 Å². The minimum absolute atomic E-state index is 0.000495. The number of carboxylic acid groups (broad SMARTS) is 2. The van der Waals surface area contributed by atoms with Crippen LogP contribution in [0, 0.1) is 5.92 Å². The van der Waals surface area contributed by atoms with Crippen molar-refractivity contribution in [3.8, 4) is 0 Å². The van der Waals surface area contributed by atoms with Gasteiger partial charge in [-0.3, -0.25) is 24.2 Å². The zero-order valence-electron chi connectivity index (χ0n) is 18.9. The summed E-state index contributed by atoms with van der Waals surface area (Å²) in [6.07, 6.45) is 0.0306. The van der Waals surface area contributed by atoms with E-state index in [2.05, 4.69) is 20.9 Å². The number of aliphatic carboxylic acids is 2. The van der Waals surface area contributed by atoms with E-state index >= 15 is 0 Å². The van der Waals surface area contributed by atoms with Gasteiger partial charge in [0, 0.05) is 13.0 Å². The Labute approximate surface area is 191 Å². The minimum atomic E-state index is -1.34. The zero-order chi connectivity index (χ0) is 25.6. The van der Waals surface area contributed by atoms with Crippen molar-refractivity contribution in [2.75, 3.05) is 13.1 Å². The number of nitrogens with one attached hydrogen (secondary N) is 3. The molecule has 0 aromatic heterocycles. The Morgan fingerprint density at radius 1 is 0.939 bits per heavy atom. The van der Waals surface area contributed by atoms with Gasteiger partial charge in [0.05, 0.1) is 6.54 Å². The molecule has 11 N–H and O–H groups in total. The molecule has 14 heteroatoms. The number of aliphatic imine (C=N–C) groups is 1. The van der Waals surface area contributed by atoms with E-state index in [1.807, 2.05) is 0 Å². The molecule has 0 rings (SSSR count). The van der Waals surface area contributed by atoms with Gasteiger partial charge >= 0.3 is 11.9 Å². The summed E-state index contributed by atoms with van der Waals surface area (Å²) in [6, 6.07) is -3.66. The van der Waals surface area contributed by atoms with Crippen LogP contribution in [0.15, 0.2) is 4.99 Å². The predicted octanol–water partition coefficient (Wildman–Crippen LogP) is -2.55. The van der Waals surface area contributed by atoms with Crippen LogP contribution < -0.4 is 33.2 Å². The molecule has 0 aliphatic heterocycles.